The van der Waals surface area contributed by atoms with E-state index in [9.17, 15) is 18.0 Å². The van der Waals surface area contributed by atoms with E-state index >= 15 is 0 Å². The van der Waals surface area contributed by atoms with Crippen LogP contribution in [0.15, 0.2) is 41.0 Å². The van der Waals surface area contributed by atoms with Crippen molar-refractivity contribution < 1.29 is 18.0 Å². The second-order valence-corrected chi connectivity index (χ2v) is 5.42. The highest BCUT2D eigenvalue weighted by Crippen LogP contribution is 2.29. The largest absolute Gasteiger partial charge is 0.416 e. The molecule has 0 aliphatic rings. The number of hydrogen-bond donors (Lipinski definition) is 1. The van der Waals surface area contributed by atoms with E-state index in [1.54, 1.807) is 26.2 Å². The van der Waals surface area contributed by atoms with E-state index in [1.807, 2.05) is 6.92 Å². The summed E-state index contributed by atoms with van der Waals surface area (Å²) in [6.45, 7) is 4.99. The van der Waals surface area contributed by atoms with Gasteiger partial charge in [-0.3, -0.25) is 9.79 Å². The number of nitrogens with zero attached hydrogens (tertiary/aromatic N) is 1. The molecule has 1 N–H and O–H groups in total. The third-order valence-corrected chi connectivity index (χ3v) is 3.45. The Morgan fingerprint density at radius 2 is 1.96 bits per heavy atom. The summed E-state index contributed by atoms with van der Waals surface area (Å²) in [5.74, 6) is 0.0267. The smallest absolute Gasteiger partial charge is 0.310 e. The van der Waals surface area contributed by atoms with Crippen LogP contribution in [0, 0.1) is 0 Å². The third-order valence-electron chi connectivity index (χ3n) is 3.45. The Kier molecular flexibility index (Phi) is 6.69. The number of ketones is 1. The molecule has 23 heavy (non-hydrogen) atoms. The van der Waals surface area contributed by atoms with E-state index in [1.165, 1.54) is 13.0 Å². The molecule has 0 aromatic heterocycles. The van der Waals surface area contributed by atoms with Gasteiger partial charge in [0, 0.05) is 11.9 Å². The summed E-state index contributed by atoms with van der Waals surface area (Å²) in [5.41, 5.74) is 1.07. The van der Waals surface area contributed by atoms with Crippen LogP contribution in [0.25, 0.3) is 0 Å². The highest BCUT2D eigenvalue weighted by atomic mass is 19.4. The SMILES string of the molecule is CN[C@@H](C/C(C)=C/N=C(C)c1cccc(C(F)(F)F)c1)C(C)=O. The maximum Gasteiger partial charge on any atom is 0.416 e. The van der Waals surface area contributed by atoms with Crippen LogP contribution in [-0.2, 0) is 11.0 Å². The summed E-state index contributed by atoms with van der Waals surface area (Å²) in [4.78, 5) is 15.6. The lowest BCUT2D eigenvalue weighted by molar-refractivity contribution is -0.137. The van der Waals surface area contributed by atoms with Crippen LogP contribution in [-0.4, -0.2) is 24.6 Å². The molecule has 0 heterocycles. The van der Waals surface area contributed by atoms with Crippen molar-refractivity contribution in [2.24, 2.45) is 4.99 Å². The molecule has 1 atom stereocenters. The molecule has 0 fully saturated rings. The van der Waals surface area contributed by atoms with Gasteiger partial charge >= 0.3 is 6.18 Å². The monoisotopic (exact) mass is 326 g/mol. The predicted octanol–water partition coefficient (Wildman–Crippen LogP) is 3.99. The van der Waals surface area contributed by atoms with E-state index in [4.69, 9.17) is 0 Å². The highest BCUT2D eigenvalue weighted by molar-refractivity contribution is 5.99. The van der Waals surface area contributed by atoms with Crippen molar-refractivity contribution >= 4 is 11.5 Å². The number of Topliss-reactive ketones (excluding diaryl/α,β-unsaturated/α-hetero) is 1. The van der Waals surface area contributed by atoms with Gasteiger partial charge in [-0.15, -0.1) is 0 Å². The second-order valence-electron chi connectivity index (χ2n) is 5.42. The molecule has 0 saturated heterocycles. The van der Waals surface area contributed by atoms with Crippen molar-refractivity contribution in [2.75, 3.05) is 7.05 Å². The molecule has 1 aromatic carbocycles. The molecule has 3 nitrogen and oxygen atoms in total. The van der Waals surface area contributed by atoms with Gasteiger partial charge in [-0.05, 0) is 51.9 Å². The van der Waals surface area contributed by atoms with Gasteiger partial charge in [-0.25, -0.2) is 0 Å². The second kappa shape index (κ2) is 8.06. The number of alkyl halides is 3. The first-order valence-corrected chi connectivity index (χ1v) is 7.20. The molecule has 0 aliphatic carbocycles. The fraction of sp³-hybridized carbons (Fsp3) is 0.412. The lowest BCUT2D eigenvalue weighted by Crippen LogP contribution is -2.32. The number of hydrogen-bond acceptors (Lipinski definition) is 3. The standard InChI is InChI=1S/C17H21F3N2O/c1-11(8-16(21-4)13(3)23)10-22-12(2)14-6-5-7-15(9-14)17(18,19)20/h5-7,9-10,16,21H,8H2,1-4H3/b11-10+,22-12?/t16-/m0/s1. The average Bonchev–Trinajstić information content (AvgIpc) is 2.49. The minimum absolute atomic E-state index is 0.0267. The Morgan fingerprint density at radius 3 is 2.48 bits per heavy atom. The number of nitrogens with one attached hydrogen (secondary N) is 1. The van der Waals surface area contributed by atoms with E-state index in [-0.39, 0.29) is 11.8 Å². The molecule has 0 spiro atoms. The third kappa shape index (κ3) is 5.98. The number of carbonyl (C=O) groups is 1. The van der Waals surface area contributed by atoms with Gasteiger partial charge in [0.1, 0.15) is 5.78 Å². The van der Waals surface area contributed by atoms with Crippen molar-refractivity contribution in [3.63, 3.8) is 0 Å². The molecule has 0 bridgehead atoms. The van der Waals surface area contributed by atoms with E-state index in [0.717, 1.165) is 17.7 Å². The number of halogens is 3. The topological polar surface area (TPSA) is 41.5 Å². The van der Waals surface area contributed by atoms with Crippen molar-refractivity contribution in [3.8, 4) is 0 Å². The molecule has 0 amide bonds. The predicted molar refractivity (Wildman–Crippen MR) is 85.6 cm³/mol. The Bertz CT molecular complexity index is 619. The number of carbonyl (C=O) groups excluding carboxylic acids is 1. The molecular weight excluding hydrogens is 305 g/mol. The Labute approximate surface area is 134 Å². The molecule has 126 valence electrons. The zero-order valence-electron chi connectivity index (χ0n) is 13.7. The number of likely N-dealkylation sites (N-methyl/N-ethyl adjacent to an activating group) is 1. The summed E-state index contributed by atoms with van der Waals surface area (Å²) in [5, 5.41) is 2.91. The van der Waals surface area contributed by atoms with Crippen LogP contribution in [0.2, 0.25) is 0 Å². The first kappa shape index (κ1) is 19.1. The van der Waals surface area contributed by atoms with Crippen LogP contribution in [0.4, 0.5) is 13.2 Å². The van der Waals surface area contributed by atoms with Gasteiger partial charge in [0.15, 0.2) is 0 Å². The maximum absolute atomic E-state index is 12.7. The number of aliphatic imine (C=N–C) groups is 1. The van der Waals surface area contributed by atoms with Crippen LogP contribution >= 0.6 is 0 Å². The fourth-order valence-corrected chi connectivity index (χ4v) is 2.03. The molecule has 0 aliphatic heterocycles. The van der Waals surface area contributed by atoms with Crippen molar-refractivity contribution in [1.82, 2.24) is 5.32 Å². The summed E-state index contributed by atoms with van der Waals surface area (Å²) in [6, 6.07) is 4.77. The zero-order valence-corrected chi connectivity index (χ0v) is 13.7. The molecule has 0 saturated carbocycles. The Hall–Kier alpha value is -1.95. The molecule has 1 rings (SSSR count). The summed E-state index contributed by atoms with van der Waals surface area (Å²) < 4.78 is 38.1. The normalized spacial score (nSPS) is 14.7. The molecule has 0 radical (unpaired) electrons. The average molecular weight is 326 g/mol. The summed E-state index contributed by atoms with van der Waals surface area (Å²) in [7, 11) is 1.70. The van der Waals surface area contributed by atoms with Crippen molar-refractivity contribution in [1.29, 1.82) is 0 Å². The minimum atomic E-state index is -4.37. The van der Waals surface area contributed by atoms with Gasteiger partial charge in [-0.2, -0.15) is 13.2 Å². The van der Waals surface area contributed by atoms with Crippen LogP contribution in [0.5, 0.6) is 0 Å². The quantitative estimate of drug-likeness (QED) is 0.803. The molecule has 6 heteroatoms. The van der Waals surface area contributed by atoms with E-state index in [0.29, 0.717) is 17.7 Å². The van der Waals surface area contributed by atoms with Gasteiger partial charge in [-0.1, -0.05) is 17.7 Å². The number of rotatable bonds is 6. The number of benzene rings is 1. The van der Waals surface area contributed by atoms with Crippen molar-refractivity contribution in [2.45, 2.75) is 39.4 Å². The van der Waals surface area contributed by atoms with Gasteiger partial charge in [0.2, 0.25) is 0 Å². The fourth-order valence-electron chi connectivity index (χ4n) is 2.03. The van der Waals surface area contributed by atoms with Crippen LogP contribution in [0.3, 0.4) is 0 Å². The van der Waals surface area contributed by atoms with Gasteiger partial charge in [0.25, 0.3) is 0 Å². The van der Waals surface area contributed by atoms with Gasteiger partial charge in [0.05, 0.1) is 11.6 Å². The summed E-state index contributed by atoms with van der Waals surface area (Å²) in [6.07, 6.45) is -2.28. The lowest BCUT2D eigenvalue weighted by atomic mass is 10.1. The zero-order chi connectivity index (χ0) is 17.6. The molecular formula is C17H21F3N2O. The Morgan fingerprint density at radius 1 is 1.30 bits per heavy atom. The summed E-state index contributed by atoms with van der Waals surface area (Å²) >= 11 is 0. The van der Waals surface area contributed by atoms with Crippen LogP contribution in [0.1, 0.15) is 38.3 Å². The lowest BCUT2D eigenvalue weighted by Gasteiger charge is -2.12. The first-order chi connectivity index (χ1) is 10.6. The van der Waals surface area contributed by atoms with Crippen LogP contribution < -0.4 is 5.32 Å². The highest BCUT2D eigenvalue weighted by Gasteiger charge is 2.30. The van der Waals surface area contributed by atoms with E-state index in [2.05, 4.69) is 10.3 Å². The molecule has 1 aromatic rings. The van der Waals surface area contributed by atoms with Gasteiger partial charge < -0.3 is 5.32 Å². The van der Waals surface area contributed by atoms with Crippen molar-refractivity contribution in [3.05, 3.63) is 47.2 Å². The molecule has 0 unspecified atom stereocenters. The Balaban J connectivity index is 2.92. The van der Waals surface area contributed by atoms with E-state index < -0.39 is 11.7 Å². The first-order valence-electron chi connectivity index (χ1n) is 7.20. The maximum atomic E-state index is 12.7. The minimum Gasteiger partial charge on any atom is -0.310 e.